The maximum Gasteiger partial charge on any atom is 0.119 e. The smallest absolute Gasteiger partial charge is 0.119 e. The third-order valence-corrected chi connectivity index (χ3v) is 2.16. The standard InChI is InChI=1S/C12H19NO2/c1-10-3-5-12(6-4-10)15-8-7-13-11(2)9-14/h3-6,11,13-14H,7-9H2,1-2H3/t11-/m0/s1. The van der Waals surface area contributed by atoms with Crippen LogP contribution in [0.15, 0.2) is 24.3 Å². The van der Waals surface area contributed by atoms with Gasteiger partial charge in [0.2, 0.25) is 0 Å². The van der Waals surface area contributed by atoms with Crippen molar-refractivity contribution in [3.8, 4) is 5.75 Å². The summed E-state index contributed by atoms with van der Waals surface area (Å²) < 4.78 is 5.51. The summed E-state index contributed by atoms with van der Waals surface area (Å²) in [5.74, 6) is 0.888. The minimum atomic E-state index is 0.131. The Kier molecular flexibility index (Phi) is 5.15. The normalized spacial score (nSPS) is 12.5. The summed E-state index contributed by atoms with van der Waals surface area (Å²) in [5, 5.41) is 11.9. The molecule has 0 aliphatic rings. The van der Waals surface area contributed by atoms with Crippen molar-refractivity contribution in [3.05, 3.63) is 29.8 Å². The van der Waals surface area contributed by atoms with E-state index in [1.54, 1.807) is 0 Å². The van der Waals surface area contributed by atoms with Gasteiger partial charge in [-0.1, -0.05) is 17.7 Å². The van der Waals surface area contributed by atoms with E-state index in [9.17, 15) is 0 Å². The molecule has 3 heteroatoms. The molecule has 15 heavy (non-hydrogen) atoms. The van der Waals surface area contributed by atoms with Gasteiger partial charge in [-0.2, -0.15) is 0 Å². The molecule has 1 aromatic carbocycles. The summed E-state index contributed by atoms with van der Waals surface area (Å²) in [6.07, 6.45) is 0. The van der Waals surface area contributed by atoms with Crippen molar-refractivity contribution in [2.24, 2.45) is 0 Å². The molecule has 0 aliphatic carbocycles. The zero-order valence-corrected chi connectivity index (χ0v) is 9.36. The van der Waals surface area contributed by atoms with Crippen LogP contribution in [0.2, 0.25) is 0 Å². The third-order valence-electron chi connectivity index (χ3n) is 2.16. The number of hydrogen-bond acceptors (Lipinski definition) is 3. The van der Waals surface area contributed by atoms with Crippen LogP contribution in [0.25, 0.3) is 0 Å². The lowest BCUT2D eigenvalue weighted by Gasteiger charge is -2.11. The zero-order chi connectivity index (χ0) is 11.1. The lowest BCUT2D eigenvalue weighted by Crippen LogP contribution is -2.32. The Balaban J connectivity index is 2.17. The van der Waals surface area contributed by atoms with Crippen LogP contribution in [-0.4, -0.2) is 30.9 Å². The number of ether oxygens (including phenoxy) is 1. The predicted molar refractivity (Wildman–Crippen MR) is 61.2 cm³/mol. The molecule has 1 rings (SSSR count). The van der Waals surface area contributed by atoms with E-state index in [1.807, 2.05) is 38.1 Å². The van der Waals surface area contributed by atoms with Gasteiger partial charge >= 0.3 is 0 Å². The maximum atomic E-state index is 8.78. The summed E-state index contributed by atoms with van der Waals surface area (Å²) in [7, 11) is 0. The quantitative estimate of drug-likeness (QED) is 0.695. The molecular formula is C12H19NO2. The first kappa shape index (κ1) is 12.0. The first-order valence-corrected chi connectivity index (χ1v) is 5.26. The van der Waals surface area contributed by atoms with E-state index in [1.165, 1.54) is 5.56 Å². The Morgan fingerprint density at radius 1 is 1.33 bits per heavy atom. The molecule has 0 saturated heterocycles. The van der Waals surface area contributed by atoms with Gasteiger partial charge in [0.25, 0.3) is 0 Å². The van der Waals surface area contributed by atoms with Crippen LogP contribution in [-0.2, 0) is 0 Å². The van der Waals surface area contributed by atoms with E-state index in [-0.39, 0.29) is 12.6 Å². The number of rotatable bonds is 6. The second-order valence-electron chi connectivity index (χ2n) is 3.70. The van der Waals surface area contributed by atoms with Gasteiger partial charge in [0.1, 0.15) is 12.4 Å². The molecule has 0 saturated carbocycles. The second-order valence-corrected chi connectivity index (χ2v) is 3.70. The molecule has 1 aromatic rings. The molecule has 0 spiro atoms. The maximum absolute atomic E-state index is 8.78. The fraction of sp³-hybridized carbons (Fsp3) is 0.500. The molecule has 0 aromatic heterocycles. The van der Waals surface area contributed by atoms with Crippen LogP contribution in [0.3, 0.4) is 0 Å². The van der Waals surface area contributed by atoms with Crippen LogP contribution >= 0.6 is 0 Å². The van der Waals surface area contributed by atoms with Crippen molar-refractivity contribution in [1.82, 2.24) is 5.32 Å². The second kappa shape index (κ2) is 6.43. The van der Waals surface area contributed by atoms with Crippen LogP contribution < -0.4 is 10.1 Å². The van der Waals surface area contributed by atoms with Crippen molar-refractivity contribution in [2.45, 2.75) is 19.9 Å². The number of aliphatic hydroxyl groups is 1. The van der Waals surface area contributed by atoms with Crippen molar-refractivity contribution in [1.29, 1.82) is 0 Å². The Morgan fingerprint density at radius 2 is 2.00 bits per heavy atom. The van der Waals surface area contributed by atoms with Gasteiger partial charge < -0.3 is 15.2 Å². The molecule has 1 atom stereocenters. The highest BCUT2D eigenvalue weighted by Gasteiger charge is 1.97. The number of nitrogens with one attached hydrogen (secondary N) is 1. The highest BCUT2D eigenvalue weighted by atomic mass is 16.5. The summed E-state index contributed by atoms with van der Waals surface area (Å²) in [5.41, 5.74) is 1.23. The first-order valence-electron chi connectivity index (χ1n) is 5.26. The lowest BCUT2D eigenvalue weighted by molar-refractivity contribution is 0.239. The highest BCUT2D eigenvalue weighted by Crippen LogP contribution is 2.10. The van der Waals surface area contributed by atoms with Gasteiger partial charge in [-0.15, -0.1) is 0 Å². The molecule has 0 unspecified atom stereocenters. The molecule has 0 fully saturated rings. The SMILES string of the molecule is Cc1ccc(OCCN[C@@H](C)CO)cc1. The Bertz CT molecular complexity index is 271. The van der Waals surface area contributed by atoms with E-state index in [2.05, 4.69) is 5.32 Å². The lowest BCUT2D eigenvalue weighted by atomic mass is 10.2. The number of aryl methyl sites for hydroxylation is 1. The molecule has 3 nitrogen and oxygen atoms in total. The fourth-order valence-corrected chi connectivity index (χ4v) is 1.17. The highest BCUT2D eigenvalue weighted by molar-refractivity contribution is 5.26. The van der Waals surface area contributed by atoms with E-state index in [0.29, 0.717) is 6.61 Å². The molecule has 0 aliphatic heterocycles. The fourth-order valence-electron chi connectivity index (χ4n) is 1.17. The van der Waals surface area contributed by atoms with E-state index >= 15 is 0 Å². The number of benzene rings is 1. The average Bonchev–Trinajstić information content (AvgIpc) is 2.26. The van der Waals surface area contributed by atoms with Crippen molar-refractivity contribution in [3.63, 3.8) is 0 Å². The summed E-state index contributed by atoms with van der Waals surface area (Å²) in [6, 6.07) is 8.11. The molecule has 0 radical (unpaired) electrons. The minimum Gasteiger partial charge on any atom is -0.492 e. The number of aliphatic hydroxyl groups excluding tert-OH is 1. The Hall–Kier alpha value is -1.06. The monoisotopic (exact) mass is 209 g/mol. The molecule has 0 bridgehead atoms. The van der Waals surface area contributed by atoms with E-state index in [0.717, 1.165) is 12.3 Å². The van der Waals surface area contributed by atoms with Gasteiger partial charge in [-0.3, -0.25) is 0 Å². The molecule has 84 valence electrons. The third kappa shape index (κ3) is 4.81. The van der Waals surface area contributed by atoms with Crippen molar-refractivity contribution < 1.29 is 9.84 Å². The molecular weight excluding hydrogens is 190 g/mol. The minimum absolute atomic E-state index is 0.131. The van der Waals surface area contributed by atoms with E-state index in [4.69, 9.17) is 9.84 Å². The Morgan fingerprint density at radius 3 is 2.60 bits per heavy atom. The van der Waals surface area contributed by atoms with Crippen LogP contribution in [0.5, 0.6) is 5.75 Å². The largest absolute Gasteiger partial charge is 0.492 e. The van der Waals surface area contributed by atoms with Gasteiger partial charge in [-0.05, 0) is 26.0 Å². The zero-order valence-electron chi connectivity index (χ0n) is 9.36. The summed E-state index contributed by atoms with van der Waals surface area (Å²) >= 11 is 0. The van der Waals surface area contributed by atoms with Gasteiger partial charge in [0.15, 0.2) is 0 Å². The van der Waals surface area contributed by atoms with Gasteiger partial charge in [0, 0.05) is 12.6 Å². The number of hydrogen-bond donors (Lipinski definition) is 2. The van der Waals surface area contributed by atoms with Gasteiger partial charge in [-0.25, -0.2) is 0 Å². The molecule has 0 heterocycles. The van der Waals surface area contributed by atoms with Crippen LogP contribution in [0, 0.1) is 6.92 Å². The summed E-state index contributed by atoms with van der Waals surface area (Å²) in [6.45, 7) is 5.51. The summed E-state index contributed by atoms with van der Waals surface area (Å²) in [4.78, 5) is 0. The van der Waals surface area contributed by atoms with Crippen LogP contribution in [0.4, 0.5) is 0 Å². The predicted octanol–water partition coefficient (Wildman–Crippen LogP) is 1.34. The van der Waals surface area contributed by atoms with Crippen LogP contribution in [0.1, 0.15) is 12.5 Å². The first-order chi connectivity index (χ1) is 7.22. The van der Waals surface area contributed by atoms with Crippen molar-refractivity contribution >= 4 is 0 Å². The van der Waals surface area contributed by atoms with Crippen molar-refractivity contribution in [2.75, 3.05) is 19.8 Å². The topological polar surface area (TPSA) is 41.5 Å². The Labute approximate surface area is 91.1 Å². The van der Waals surface area contributed by atoms with E-state index < -0.39 is 0 Å². The molecule has 2 N–H and O–H groups in total. The van der Waals surface area contributed by atoms with Gasteiger partial charge in [0.05, 0.1) is 6.61 Å². The molecule has 0 amide bonds. The average molecular weight is 209 g/mol.